The zero-order chi connectivity index (χ0) is 9.45. The largest absolute Gasteiger partial charge is 0.103 e. The summed E-state index contributed by atoms with van der Waals surface area (Å²) in [6, 6.07) is 0. The van der Waals surface area contributed by atoms with Crippen molar-refractivity contribution in [2.45, 2.75) is 59.3 Å². The van der Waals surface area contributed by atoms with Crippen LogP contribution in [0.2, 0.25) is 0 Å². The molecule has 0 amide bonds. The van der Waals surface area contributed by atoms with E-state index in [9.17, 15) is 0 Å². The van der Waals surface area contributed by atoms with E-state index in [0.29, 0.717) is 5.41 Å². The van der Waals surface area contributed by atoms with Crippen LogP contribution in [0.5, 0.6) is 0 Å². The minimum atomic E-state index is 0.526. The topological polar surface area (TPSA) is 0 Å². The molecular formula is C12H24. The van der Waals surface area contributed by atoms with E-state index in [1.54, 1.807) is 0 Å². The molecule has 0 aliphatic rings. The standard InChI is InChI=1S/C12H24/c1-5-6-7-8-9-10-11-12(2,3)4/h5H,1,6-11H2,2-4H3. The van der Waals surface area contributed by atoms with E-state index in [2.05, 4.69) is 27.4 Å². The molecule has 0 aromatic carbocycles. The Labute approximate surface area is 78.1 Å². The van der Waals surface area contributed by atoms with Crippen LogP contribution < -0.4 is 0 Å². The summed E-state index contributed by atoms with van der Waals surface area (Å²) >= 11 is 0. The summed E-state index contributed by atoms with van der Waals surface area (Å²) in [6.45, 7) is 10.7. The first-order valence-electron chi connectivity index (χ1n) is 5.17. The first kappa shape index (κ1) is 11.7. The Bertz CT molecular complexity index is 106. The fourth-order valence-electron chi connectivity index (χ4n) is 1.30. The van der Waals surface area contributed by atoms with Crippen molar-refractivity contribution < 1.29 is 0 Å². The van der Waals surface area contributed by atoms with Gasteiger partial charge >= 0.3 is 0 Å². The fraction of sp³-hybridized carbons (Fsp3) is 0.833. The molecule has 0 rings (SSSR count). The van der Waals surface area contributed by atoms with Crippen LogP contribution in [0.4, 0.5) is 0 Å². The molecule has 0 saturated heterocycles. The van der Waals surface area contributed by atoms with Gasteiger partial charge in [-0.3, -0.25) is 0 Å². The first-order chi connectivity index (χ1) is 5.56. The average Bonchev–Trinajstić information content (AvgIpc) is 1.94. The lowest BCUT2D eigenvalue weighted by Gasteiger charge is -2.17. The van der Waals surface area contributed by atoms with E-state index >= 15 is 0 Å². The van der Waals surface area contributed by atoms with Crippen LogP contribution in [-0.2, 0) is 0 Å². The van der Waals surface area contributed by atoms with Gasteiger partial charge in [-0.2, -0.15) is 0 Å². The third kappa shape index (κ3) is 9.74. The summed E-state index contributed by atoms with van der Waals surface area (Å²) in [6.07, 6.45) is 10.1. The van der Waals surface area contributed by atoms with Gasteiger partial charge in [-0.1, -0.05) is 46.1 Å². The highest BCUT2D eigenvalue weighted by atomic mass is 14.1. The zero-order valence-electron chi connectivity index (χ0n) is 9.03. The number of allylic oxidation sites excluding steroid dienone is 1. The van der Waals surface area contributed by atoms with E-state index in [-0.39, 0.29) is 0 Å². The van der Waals surface area contributed by atoms with Crippen LogP contribution in [0, 0.1) is 5.41 Å². The number of hydrogen-bond donors (Lipinski definition) is 0. The third-order valence-corrected chi connectivity index (χ3v) is 2.09. The van der Waals surface area contributed by atoms with Crippen LogP contribution in [0.25, 0.3) is 0 Å². The van der Waals surface area contributed by atoms with Gasteiger partial charge in [0.1, 0.15) is 0 Å². The molecule has 0 radical (unpaired) electrons. The van der Waals surface area contributed by atoms with Crippen molar-refractivity contribution in [1.29, 1.82) is 0 Å². The number of rotatable bonds is 6. The van der Waals surface area contributed by atoms with E-state index in [0.717, 1.165) is 0 Å². The maximum atomic E-state index is 3.72. The van der Waals surface area contributed by atoms with Gasteiger partial charge in [-0.05, 0) is 24.7 Å². The summed E-state index contributed by atoms with van der Waals surface area (Å²) in [5.41, 5.74) is 0.526. The summed E-state index contributed by atoms with van der Waals surface area (Å²) in [5, 5.41) is 0. The lowest BCUT2D eigenvalue weighted by Crippen LogP contribution is -2.03. The van der Waals surface area contributed by atoms with Gasteiger partial charge in [0.15, 0.2) is 0 Å². The minimum absolute atomic E-state index is 0.526. The smallest absolute Gasteiger partial charge is 0.0353 e. The van der Waals surface area contributed by atoms with Crippen LogP contribution >= 0.6 is 0 Å². The molecule has 0 unspecified atom stereocenters. The molecule has 0 spiro atoms. The highest BCUT2D eigenvalue weighted by molar-refractivity contribution is 4.66. The van der Waals surface area contributed by atoms with Crippen molar-refractivity contribution in [2.75, 3.05) is 0 Å². The summed E-state index contributed by atoms with van der Waals surface area (Å²) in [4.78, 5) is 0. The summed E-state index contributed by atoms with van der Waals surface area (Å²) < 4.78 is 0. The summed E-state index contributed by atoms with van der Waals surface area (Å²) in [7, 11) is 0. The molecule has 0 N–H and O–H groups in total. The van der Waals surface area contributed by atoms with Crippen molar-refractivity contribution in [2.24, 2.45) is 5.41 Å². The number of unbranched alkanes of at least 4 members (excludes halogenated alkanes) is 4. The molecule has 0 aromatic rings. The van der Waals surface area contributed by atoms with Crippen molar-refractivity contribution in [3.05, 3.63) is 12.7 Å². The minimum Gasteiger partial charge on any atom is -0.103 e. The molecule has 0 aromatic heterocycles. The van der Waals surface area contributed by atoms with Gasteiger partial charge in [0.2, 0.25) is 0 Å². The van der Waals surface area contributed by atoms with Gasteiger partial charge in [0.25, 0.3) is 0 Å². The van der Waals surface area contributed by atoms with Gasteiger partial charge in [-0.15, -0.1) is 6.58 Å². The molecule has 0 heteroatoms. The summed E-state index contributed by atoms with van der Waals surface area (Å²) in [5.74, 6) is 0. The molecule has 72 valence electrons. The van der Waals surface area contributed by atoms with E-state index in [1.807, 2.05) is 6.08 Å². The Morgan fingerprint density at radius 1 is 1.00 bits per heavy atom. The van der Waals surface area contributed by atoms with Gasteiger partial charge in [-0.25, -0.2) is 0 Å². The van der Waals surface area contributed by atoms with Gasteiger partial charge in [0.05, 0.1) is 0 Å². The SMILES string of the molecule is C=CCCCCCCC(C)(C)C. The predicted molar refractivity (Wildman–Crippen MR) is 57.4 cm³/mol. The lowest BCUT2D eigenvalue weighted by atomic mass is 9.89. The second-order valence-electron chi connectivity index (χ2n) is 4.80. The Hall–Kier alpha value is -0.260. The zero-order valence-corrected chi connectivity index (χ0v) is 9.03. The van der Waals surface area contributed by atoms with Crippen molar-refractivity contribution in [1.82, 2.24) is 0 Å². The van der Waals surface area contributed by atoms with Gasteiger partial charge in [0, 0.05) is 0 Å². The third-order valence-electron chi connectivity index (χ3n) is 2.09. The second-order valence-corrected chi connectivity index (χ2v) is 4.80. The molecule has 0 bridgehead atoms. The predicted octanol–water partition coefficient (Wildman–Crippen LogP) is 4.56. The molecule has 0 atom stereocenters. The maximum Gasteiger partial charge on any atom is -0.0353 e. The molecule has 12 heavy (non-hydrogen) atoms. The number of hydrogen-bond acceptors (Lipinski definition) is 0. The first-order valence-corrected chi connectivity index (χ1v) is 5.17. The fourth-order valence-corrected chi connectivity index (χ4v) is 1.30. The monoisotopic (exact) mass is 168 g/mol. The van der Waals surface area contributed by atoms with Crippen LogP contribution in [0.1, 0.15) is 59.3 Å². The van der Waals surface area contributed by atoms with E-state index in [4.69, 9.17) is 0 Å². The van der Waals surface area contributed by atoms with Crippen LogP contribution in [0.3, 0.4) is 0 Å². The Kier molecular flexibility index (Phi) is 6.14. The van der Waals surface area contributed by atoms with Crippen molar-refractivity contribution in [3.8, 4) is 0 Å². The molecule has 0 aliphatic carbocycles. The van der Waals surface area contributed by atoms with E-state index in [1.165, 1.54) is 38.5 Å². The van der Waals surface area contributed by atoms with E-state index < -0.39 is 0 Å². The Morgan fingerprint density at radius 2 is 1.58 bits per heavy atom. The average molecular weight is 168 g/mol. The molecule has 0 saturated carbocycles. The molecule has 0 fully saturated rings. The highest BCUT2D eigenvalue weighted by Crippen LogP contribution is 2.22. The molecule has 0 aliphatic heterocycles. The van der Waals surface area contributed by atoms with Crippen LogP contribution in [0.15, 0.2) is 12.7 Å². The Balaban J connectivity index is 3.06. The second kappa shape index (κ2) is 6.28. The van der Waals surface area contributed by atoms with Crippen LogP contribution in [-0.4, -0.2) is 0 Å². The Morgan fingerprint density at radius 3 is 2.08 bits per heavy atom. The lowest BCUT2D eigenvalue weighted by molar-refractivity contribution is 0.357. The molecule has 0 nitrogen and oxygen atoms in total. The normalized spacial score (nSPS) is 11.6. The maximum absolute atomic E-state index is 3.72. The highest BCUT2D eigenvalue weighted by Gasteiger charge is 2.08. The molecule has 0 heterocycles. The quantitative estimate of drug-likeness (QED) is 0.403. The van der Waals surface area contributed by atoms with Crippen molar-refractivity contribution in [3.63, 3.8) is 0 Å². The van der Waals surface area contributed by atoms with Gasteiger partial charge < -0.3 is 0 Å². The molecular weight excluding hydrogens is 144 g/mol. The van der Waals surface area contributed by atoms with Crippen molar-refractivity contribution >= 4 is 0 Å².